The van der Waals surface area contributed by atoms with Gasteiger partial charge in [0.15, 0.2) is 0 Å². The van der Waals surface area contributed by atoms with Gasteiger partial charge in [0.25, 0.3) is 0 Å². The smallest absolute Gasteiger partial charge is 0.339 e. The SMILES string of the molecule is O=C(O)c1cncnc1CNC1CC2CCC1O2. The minimum atomic E-state index is -0.989. The van der Waals surface area contributed by atoms with Crippen LogP contribution >= 0.6 is 0 Å². The summed E-state index contributed by atoms with van der Waals surface area (Å²) in [5, 5.41) is 12.4. The lowest BCUT2D eigenvalue weighted by atomic mass is 9.95. The van der Waals surface area contributed by atoms with Crippen molar-refractivity contribution in [1.82, 2.24) is 15.3 Å². The standard InChI is InChI=1S/C12H15N3O3/c16-12(17)8-4-13-6-15-10(8)5-14-9-3-7-1-2-11(9)18-7/h4,6-7,9,11,14H,1-3,5H2,(H,16,17). The number of rotatable bonds is 4. The third-order valence-corrected chi connectivity index (χ3v) is 3.66. The van der Waals surface area contributed by atoms with E-state index < -0.39 is 5.97 Å². The monoisotopic (exact) mass is 249 g/mol. The number of ether oxygens (including phenoxy) is 1. The second-order valence-electron chi connectivity index (χ2n) is 4.79. The molecule has 3 unspecified atom stereocenters. The molecule has 2 bridgehead atoms. The van der Waals surface area contributed by atoms with Gasteiger partial charge >= 0.3 is 5.97 Å². The van der Waals surface area contributed by atoms with Gasteiger partial charge in [-0.3, -0.25) is 0 Å². The van der Waals surface area contributed by atoms with Gasteiger partial charge in [-0.15, -0.1) is 0 Å². The molecule has 96 valence electrons. The van der Waals surface area contributed by atoms with Crippen LogP contribution in [0.3, 0.4) is 0 Å². The summed E-state index contributed by atoms with van der Waals surface area (Å²) in [4.78, 5) is 18.8. The van der Waals surface area contributed by atoms with Crippen molar-refractivity contribution in [3.63, 3.8) is 0 Å². The van der Waals surface area contributed by atoms with Gasteiger partial charge in [0.05, 0.1) is 17.9 Å². The molecule has 2 aliphatic rings. The van der Waals surface area contributed by atoms with E-state index in [1.165, 1.54) is 12.5 Å². The highest BCUT2D eigenvalue weighted by molar-refractivity contribution is 5.88. The molecule has 0 aliphatic carbocycles. The van der Waals surface area contributed by atoms with Gasteiger partial charge in [0.2, 0.25) is 0 Å². The molecule has 6 heteroatoms. The fourth-order valence-electron chi connectivity index (χ4n) is 2.75. The molecule has 6 nitrogen and oxygen atoms in total. The molecule has 18 heavy (non-hydrogen) atoms. The van der Waals surface area contributed by atoms with Crippen molar-refractivity contribution in [3.05, 3.63) is 23.8 Å². The van der Waals surface area contributed by atoms with E-state index in [9.17, 15) is 4.79 Å². The lowest BCUT2D eigenvalue weighted by Gasteiger charge is -2.20. The van der Waals surface area contributed by atoms with Gasteiger partial charge in [0, 0.05) is 18.8 Å². The topological polar surface area (TPSA) is 84.3 Å². The van der Waals surface area contributed by atoms with Crippen LogP contribution in [-0.2, 0) is 11.3 Å². The van der Waals surface area contributed by atoms with E-state index in [-0.39, 0.29) is 11.7 Å². The van der Waals surface area contributed by atoms with E-state index in [1.54, 1.807) is 0 Å². The van der Waals surface area contributed by atoms with Crippen molar-refractivity contribution in [3.8, 4) is 0 Å². The first-order chi connectivity index (χ1) is 8.74. The number of nitrogens with zero attached hydrogens (tertiary/aromatic N) is 2. The van der Waals surface area contributed by atoms with Crippen LogP contribution in [0.1, 0.15) is 35.3 Å². The van der Waals surface area contributed by atoms with Crippen LogP contribution in [0.2, 0.25) is 0 Å². The third-order valence-electron chi connectivity index (χ3n) is 3.66. The number of carboxylic acids is 1. The predicted octanol–water partition coefficient (Wildman–Crippen LogP) is 0.584. The summed E-state index contributed by atoms with van der Waals surface area (Å²) in [6.45, 7) is 0.446. The zero-order valence-corrected chi connectivity index (χ0v) is 9.87. The number of fused-ring (bicyclic) bond motifs is 2. The minimum Gasteiger partial charge on any atom is -0.478 e. The van der Waals surface area contributed by atoms with Crippen LogP contribution < -0.4 is 5.32 Å². The van der Waals surface area contributed by atoms with Crippen LogP contribution in [0.15, 0.2) is 12.5 Å². The molecule has 0 amide bonds. The van der Waals surface area contributed by atoms with Crippen molar-refractivity contribution >= 4 is 5.97 Å². The Labute approximate surface area is 104 Å². The van der Waals surface area contributed by atoms with E-state index in [0.717, 1.165) is 19.3 Å². The quantitative estimate of drug-likeness (QED) is 0.812. The number of hydrogen-bond acceptors (Lipinski definition) is 5. The largest absolute Gasteiger partial charge is 0.478 e. The van der Waals surface area contributed by atoms with Crippen molar-refractivity contribution in [1.29, 1.82) is 0 Å². The molecule has 3 rings (SSSR count). The van der Waals surface area contributed by atoms with Gasteiger partial charge in [-0.05, 0) is 19.3 Å². The summed E-state index contributed by atoms with van der Waals surface area (Å²) < 4.78 is 5.74. The van der Waals surface area contributed by atoms with Crippen molar-refractivity contribution < 1.29 is 14.6 Å². The lowest BCUT2D eigenvalue weighted by Crippen LogP contribution is -2.37. The summed E-state index contributed by atoms with van der Waals surface area (Å²) in [6, 6.07) is 0.320. The third kappa shape index (κ3) is 2.09. The van der Waals surface area contributed by atoms with E-state index in [0.29, 0.717) is 24.4 Å². The summed E-state index contributed by atoms with van der Waals surface area (Å²) in [7, 11) is 0. The number of aromatic carboxylic acids is 1. The Morgan fingerprint density at radius 2 is 2.44 bits per heavy atom. The molecule has 2 aliphatic heterocycles. The summed E-state index contributed by atoms with van der Waals surface area (Å²) in [5.74, 6) is -0.989. The first-order valence-electron chi connectivity index (χ1n) is 6.15. The maximum atomic E-state index is 11.0. The van der Waals surface area contributed by atoms with E-state index in [4.69, 9.17) is 9.84 Å². The number of carboxylic acid groups (broad SMARTS) is 1. The number of nitrogens with one attached hydrogen (secondary N) is 1. The molecule has 0 saturated carbocycles. The molecule has 2 fully saturated rings. The second-order valence-corrected chi connectivity index (χ2v) is 4.79. The lowest BCUT2D eigenvalue weighted by molar-refractivity contribution is 0.0694. The highest BCUT2D eigenvalue weighted by atomic mass is 16.5. The predicted molar refractivity (Wildman–Crippen MR) is 62.1 cm³/mol. The fourth-order valence-corrected chi connectivity index (χ4v) is 2.75. The van der Waals surface area contributed by atoms with Crippen LogP contribution in [-0.4, -0.2) is 39.3 Å². The maximum absolute atomic E-state index is 11.0. The van der Waals surface area contributed by atoms with E-state index in [2.05, 4.69) is 15.3 Å². The van der Waals surface area contributed by atoms with Crippen molar-refractivity contribution in [2.45, 2.75) is 44.1 Å². The molecular formula is C12H15N3O3. The Morgan fingerprint density at radius 3 is 3.11 bits per heavy atom. The van der Waals surface area contributed by atoms with Gasteiger partial charge < -0.3 is 15.2 Å². The zero-order valence-electron chi connectivity index (χ0n) is 9.87. The Balaban J connectivity index is 1.65. The Hall–Kier alpha value is -1.53. The molecule has 0 radical (unpaired) electrons. The molecule has 1 aromatic heterocycles. The molecule has 2 N–H and O–H groups in total. The second kappa shape index (κ2) is 4.62. The minimum absolute atomic E-state index is 0.161. The number of aromatic nitrogens is 2. The molecular weight excluding hydrogens is 234 g/mol. The zero-order chi connectivity index (χ0) is 12.5. The average Bonchev–Trinajstić information content (AvgIpc) is 2.98. The number of carbonyl (C=O) groups is 1. The van der Waals surface area contributed by atoms with Crippen LogP contribution in [0, 0.1) is 0 Å². The first-order valence-corrected chi connectivity index (χ1v) is 6.15. The Kier molecular flexibility index (Phi) is 2.97. The molecule has 2 saturated heterocycles. The first kappa shape index (κ1) is 11.6. The Bertz CT molecular complexity index is 466. The average molecular weight is 249 g/mol. The summed E-state index contributed by atoms with van der Waals surface area (Å²) >= 11 is 0. The van der Waals surface area contributed by atoms with Gasteiger partial charge in [-0.1, -0.05) is 0 Å². The van der Waals surface area contributed by atoms with Gasteiger partial charge in [-0.25, -0.2) is 14.8 Å². The molecule has 1 aromatic rings. The summed E-state index contributed by atoms with van der Waals surface area (Å²) in [6.07, 6.45) is 6.64. The van der Waals surface area contributed by atoms with E-state index in [1.807, 2.05) is 0 Å². The highest BCUT2D eigenvalue weighted by Crippen LogP contribution is 2.34. The summed E-state index contributed by atoms with van der Waals surface area (Å²) in [5.41, 5.74) is 0.689. The molecule has 0 spiro atoms. The normalized spacial score (nSPS) is 29.7. The fraction of sp³-hybridized carbons (Fsp3) is 0.583. The Morgan fingerprint density at radius 1 is 1.56 bits per heavy atom. The molecule has 3 atom stereocenters. The maximum Gasteiger partial charge on any atom is 0.339 e. The highest BCUT2D eigenvalue weighted by Gasteiger charge is 2.40. The number of hydrogen-bond donors (Lipinski definition) is 2. The van der Waals surface area contributed by atoms with Gasteiger partial charge in [0.1, 0.15) is 11.9 Å². The molecule has 0 aromatic carbocycles. The molecule has 3 heterocycles. The van der Waals surface area contributed by atoms with Crippen LogP contribution in [0.5, 0.6) is 0 Å². The van der Waals surface area contributed by atoms with Crippen molar-refractivity contribution in [2.75, 3.05) is 0 Å². The van der Waals surface area contributed by atoms with Crippen molar-refractivity contribution in [2.24, 2.45) is 0 Å². The van der Waals surface area contributed by atoms with Crippen LogP contribution in [0.4, 0.5) is 0 Å². The van der Waals surface area contributed by atoms with Crippen LogP contribution in [0.25, 0.3) is 0 Å². The van der Waals surface area contributed by atoms with Gasteiger partial charge in [-0.2, -0.15) is 0 Å². The van der Waals surface area contributed by atoms with E-state index >= 15 is 0 Å².